The lowest BCUT2D eigenvalue weighted by Crippen LogP contribution is -2.48. The lowest BCUT2D eigenvalue weighted by Gasteiger charge is -2.35. The summed E-state index contributed by atoms with van der Waals surface area (Å²) in [6, 6.07) is 6.29. The van der Waals surface area contributed by atoms with Crippen molar-refractivity contribution in [2.75, 3.05) is 31.1 Å². The first kappa shape index (κ1) is 20.5. The number of benzene rings is 1. The molecule has 142 valence electrons. The van der Waals surface area contributed by atoms with Crippen LogP contribution in [0.4, 0.5) is 10.1 Å². The third kappa shape index (κ3) is 5.86. The van der Waals surface area contributed by atoms with E-state index in [1.54, 1.807) is 18.2 Å². The monoisotopic (exact) mass is 378 g/mol. The van der Waals surface area contributed by atoms with Gasteiger partial charge in [0.2, 0.25) is 10.0 Å². The zero-order valence-electron chi connectivity index (χ0n) is 15.7. The third-order valence-corrected chi connectivity index (χ3v) is 5.89. The highest BCUT2D eigenvalue weighted by molar-refractivity contribution is 7.92. The van der Waals surface area contributed by atoms with Crippen LogP contribution in [0.25, 0.3) is 0 Å². The van der Waals surface area contributed by atoms with Crippen molar-refractivity contribution in [1.29, 1.82) is 0 Å². The highest BCUT2D eigenvalue weighted by Gasteiger charge is 2.26. The second kappa shape index (κ2) is 8.70. The number of anilines is 1. The second-order valence-electron chi connectivity index (χ2n) is 7.08. The summed E-state index contributed by atoms with van der Waals surface area (Å²) in [5, 5.41) is 1.31. The lowest BCUT2D eigenvalue weighted by atomic mass is 9.90. The van der Waals surface area contributed by atoms with Gasteiger partial charge in [-0.2, -0.15) is 4.31 Å². The summed E-state index contributed by atoms with van der Waals surface area (Å²) in [6.07, 6.45) is 3.17. The van der Waals surface area contributed by atoms with E-state index < -0.39 is 10.0 Å². The summed E-state index contributed by atoms with van der Waals surface area (Å²) >= 11 is 0. The molecule has 0 unspecified atom stereocenters. The molecule has 0 amide bonds. The number of sulfonamides is 1. The van der Waals surface area contributed by atoms with Crippen LogP contribution in [-0.4, -0.2) is 38.9 Å². The summed E-state index contributed by atoms with van der Waals surface area (Å²) in [5.74, 6) is 5.82. The Morgan fingerprint density at radius 1 is 1.12 bits per heavy atom. The topological polar surface area (TPSA) is 40.6 Å². The predicted octanol–water partition coefficient (Wildman–Crippen LogP) is 3.62. The number of hydrogen-bond acceptors (Lipinski definition) is 3. The molecule has 0 aromatic heterocycles. The van der Waals surface area contributed by atoms with Gasteiger partial charge in [-0.15, -0.1) is 11.8 Å². The molecule has 1 aliphatic rings. The van der Waals surface area contributed by atoms with Crippen LogP contribution < -0.4 is 4.90 Å². The molecule has 0 aliphatic carbocycles. The second-order valence-corrected chi connectivity index (χ2v) is 8.90. The van der Waals surface area contributed by atoms with Gasteiger partial charge in [0.15, 0.2) is 0 Å². The molecular formula is C20H27FN2O2S. The fourth-order valence-electron chi connectivity index (χ4n) is 2.68. The molecular weight excluding hydrogens is 351 g/mol. The maximum Gasteiger partial charge on any atom is 0.236 e. The van der Waals surface area contributed by atoms with Crippen molar-refractivity contribution in [2.45, 2.75) is 33.6 Å². The first-order chi connectivity index (χ1) is 12.2. The van der Waals surface area contributed by atoms with Crippen molar-refractivity contribution in [3.63, 3.8) is 0 Å². The molecule has 1 saturated heterocycles. The average molecular weight is 379 g/mol. The van der Waals surface area contributed by atoms with Crippen LogP contribution in [0.2, 0.25) is 0 Å². The van der Waals surface area contributed by atoms with Crippen LogP contribution in [-0.2, 0) is 10.0 Å². The van der Waals surface area contributed by atoms with Crippen molar-refractivity contribution in [3.05, 3.63) is 41.6 Å². The van der Waals surface area contributed by atoms with Gasteiger partial charge in [-0.1, -0.05) is 26.8 Å². The molecule has 4 nitrogen and oxygen atoms in total. The van der Waals surface area contributed by atoms with E-state index in [-0.39, 0.29) is 11.2 Å². The molecule has 2 rings (SSSR count). The summed E-state index contributed by atoms with van der Waals surface area (Å²) in [5.41, 5.74) is 0.625. The molecule has 1 aliphatic heterocycles. The zero-order chi connectivity index (χ0) is 19.2. The molecule has 0 radical (unpaired) electrons. The fourth-order valence-corrected chi connectivity index (χ4v) is 4.07. The van der Waals surface area contributed by atoms with Gasteiger partial charge in [0.25, 0.3) is 0 Å². The largest absolute Gasteiger partial charge is 0.369 e. The minimum absolute atomic E-state index is 0.272. The van der Waals surface area contributed by atoms with Gasteiger partial charge in [0, 0.05) is 50.1 Å². The van der Waals surface area contributed by atoms with E-state index in [4.69, 9.17) is 0 Å². The molecule has 0 spiro atoms. The normalized spacial score (nSPS) is 16.5. The van der Waals surface area contributed by atoms with Crippen LogP contribution in [0.5, 0.6) is 0 Å². The van der Waals surface area contributed by atoms with Crippen LogP contribution >= 0.6 is 0 Å². The van der Waals surface area contributed by atoms with E-state index in [2.05, 4.69) is 16.7 Å². The SMILES string of the molecule is CCC#CCC(C)(C)C=CS(=O)(=O)N1CCN(c2ccc(F)cc2)CC1. The van der Waals surface area contributed by atoms with E-state index >= 15 is 0 Å². The maximum atomic E-state index is 13.0. The number of rotatable bonds is 5. The van der Waals surface area contributed by atoms with Crippen LogP contribution in [0, 0.1) is 23.1 Å². The molecule has 1 fully saturated rings. The molecule has 0 atom stereocenters. The molecule has 1 heterocycles. The Balaban J connectivity index is 1.96. The number of piperazine rings is 1. The highest BCUT2D eigenvalue weighted by atomic mass is 32.2. The fraction of sp³-hybridized carbons (Fsp3) is 0.500. The van der Waals surface area contributed by atoms with E-state index in [1.165, 1.54) is 21.8 Å². The minimum Gasteiger partial charge on any atom is -0.369 e. The smallest absolute Gasteiger partial charge is 0.236 e. The maximum absolute atomic E-state index is 13.0. The molecule has 0 N–H and O–H groups in total. The summed E-state index contributed by atoms with van der Waals surface area (Å²) in [7, 11) is -3.44. The summed E-state index contributed by atoms with van der Waals surface area (Å²) in [4.78, 5) is 2.07. The standard InChI is InChI=1S/C20H27FN2O2S/c1-4-5-6-11-20(2,3)12-17-26(24,25)23-15-13-22(14-16-23)19-9-7-18(21)8-10-19/h7-10,12,17H,4,11,13-16H2,1-3H3. The average Bonchev–Trinajstić information content (AvgIpc) is 2.61. The van der Waals surface area contributed by atoms with E-state index in [9.17, 15) is 12.8 Å². The number of nitrogens with zero attached hydrogens (tertiary/aromatic N) is 2. The number of allylic oxidation sites excluding steroid dienone is 1. The van der Waals surface area contributed by atoms with Gasteiger partial charge in [-0.05, 0) is 29.7 Å². The lowest BCUT2D eigenvalue weighted by molar-refractivity contribution is 0.389. The predicted molar refractivity (Wildman–Crippen MR) is 105 cm³/mol. The molecule has 0 saturated carbocycles. The van der Waals surface area contributed by atoms with Gasteiger partial charge >= 0.3 is 0 Å². The molecule has 6 heteroatoms. The van der Waals surface area contributed by atoms with Gasteiger partial charge < -0.3 is 4.90 Å². The van der Waals surface area contributed by atoms with Crippen LogP contribution in [0.3, 0.4) is 0 Å². The molecule has 26 heavy (non-hydrogen) atoms. The van der Waals surface area contributed by atoms with Crippen LogP contribution in [0.1, 0.15) is 33.6 Å². The molecule has 0 bridgehead atoms. The van der Waals surface area contributed by atoms with Gasteiger partial charge in [-0.3, -0.25) is 0 Å². The van der Waals surface area contributed by atoms with Crippen molar-refractivity contribution >= 4 is 15.7 Å². The third-order valence-electron chi connectivity index (χ3n) is 4.33. The Morgan fingerprint density at radius 2 is 1.73 bits per heavy atom. The van der Waals surface area contributed by atoms with E-state index in [0.717, 1.165) is 12.1 Å². The Labute approximate surface area is 156 Å². The van der Waals surface area contributed by atoms with Gasteiger partial charge in [0.1, 0.15) is 5.82 Å². The minimum atomic E-state index is -3.44. The van der Waals surface area contributed by atoms with Crippen molar-refractivity contribution in [3.8, 4) is 11.8 Å². The molecule has 1 aromatic rings. The number of hydrogen-bond donors (Lipinski definition) is 0. The Morgan fingerprint density at radius 3 is 2.31 bits per heavy atom. The summed E-state index contributed by atoms with van der Waals surface area (Å²) < 4.78 is 39.7. The highest BCUT2D eigenvalue weighted by Crippen LogP contribution is 2.23. The Hall–Kier alpha value is -1.84. The molecule has 1 aromatic carbocycles. The first-order valence-electron chi connectivity index (χ1n) is 8.89. The van der Waals surface area contributed by atoms with Crippen LogP contribution in [0.15, 0.2) is 35.7 Å². The van der Waals surface area contributed by atoms with Crippen molar-refractivity contribution in [2.24, 2.45) is 5.41 Å². The van der Waals surface area contributed by atoms with Crippen molar-refractivity contribution in [1.82, 2.24) is 4.31 Å². The van der Waals surface area contributed by atoms with E-state index in [0.29, 0.717) is 32.6 Å². The van der Waals surface area contributed by atoms with Gasteiger partial charge in [0.05, 0.1) is 0 Å². The quantitative estimate of drug-likeness (QED) is 0.735. The van der Waals surface area contributed by atoms with E-state index in [1.807, 2.05) is 20.8 Å². The summed E-state index contributed by atoms with van der Waals surface area (Å²) in [6.45, 7) is 7.96. The number of halogens is 1. The Kier molecular flexibility index (Phi) is 6.85. The Bertz CT molecular complexity index is 781. The first-order valence-corrected chi connectivity index (χ1v) is 10.4. The zero-order valence-corrected chi connectivity index (χ0v) is 16.5. The van der Waals surface area contributed by atoms with Crippen molar-refractivity contribution < 1.29 is 12.8 Å². The van der Waals surface area contributed by atoms with Gasteiger partial charge in [-0.25, -0.2) is 12.8 Å².